The predicted molar refractivity (Wildman–Crippen MR) is 109 cm³/mol. The Balaban J connectivity index is 1.75. The molecule has 0 saturated heterocycles. The van der Waals surface area contributed by atoms with Gasteiger partial charge in [0.2, 0.25) is 0 Å². The lowest BCUT2D eigenvalue weighted by Crippen LogP contribution is -2.45. The first-order valence-corrected chi connectivity index (χ1v) is 9.26. The van der Waals surface area contributed by atoms with Crippen LogP contribution in [0.1, 0.15) is 38.5 Å². The van der Waals surface area contributed by atoms with Crippen molar-refractivity contribution in [2.24, 2.45) is 0 Å². The number of hydrogen-bond acceptors (Lipinski definition) is 2. The van der Waals surface area contributed by atoms with Gasteiger partial charge in [0, 0.05) is 11.5 Å². The molecule has 4 rings (SSSR count). The van der Waals surface area contributed by atoms with E-state index in [1.807, 2.05) is 68.4 Å². The molecule has 1 aliphatic carbocycles. The molecule has 0 saturated carbocycles. The number of carbonyl (C=O) groups is 2. The Morgan fingerprint density at radius 2 is 1.36 bits per heavy atom. The molecule has 2 N–H and O–H groups in total. The first-order chi connectivity index (χ1) is 13.5. The van der Waals surface area contributed by atoms with E-state index in [9.17, 15) is 14.7 Å². The molecule has 0 spiro atoms. The number of carboxylic acid groups (broad SMARTS) is 1. The maximum absolute atomic E-state index is 12.9. The number of amides is 1. The van der Waals surface area contributed by atoms with Gasteiger partial charge in [0.25, 0.3) is 5.91 Å². The first kappa shape index (κ1) is 18.0. The Bertz CT molecular complexity index is 1020. The molecule has 28 heavy (non-hydrogen) atoms. The second-order valence-electron chi connectivity index (χ2n) is 7.32. The predicted octanol–water partition coefficient (Wildman–Crippen LogP) is 4.30. The Kier molecular flexibility index (Phi) is 4.47. The minimum absolute atomic E-state index is 0.374. The monoisotopic (exact) mass is 371 g/mol. The lowest BCUT2D eigenvalue weighted by molar-refractivity contribution is -0.139. The molecule has 1 amide bonds. The summed E-state index contributed by atoms with van der Waals surface area (Å²) in [6, 6.07) is 20.1. The third kappa shape index (κ3) is 3.07. The van der Waals surface area contributed by atoms with Crippen LogP contribution in [0.15, 0.2) is 66.7 Å². The average Bonchev–Trinajstić information content (AvgIpc) is 2.99. The fourth-order valence-corrected chi connectivity index (χ4v) is 4.17. The molecule has 1 aliphatic rings. The van der Waals surface area contributed by atoms with Crippen molar-refractivity contribution >= 4 is 11.9 Å². The van der Waals surface area contributed by atoms with Gasteiger partial charge in [0.15, 0.2) is 0 Å². The molecular formula is C24H21NO3. The molecule has 1 atom stereocenters. The topological polar surface area (TPSA) is 66.4 Å². The molecule has 4 nitrogen and oxygen atoms in total. The van der Waals surface area contributed by atoms with Gasteiger partial charge in [-0.1, -0.05) is 65.7 Å². The van der Waals surface area contributed by atoms with E-state index in [1.54, 1.807) is 12.1 Å². The summed E-state index contributed by atoms with van der Waals surface area (Å²) in [4.78, 5) is 25.1. The van der Waals surface area contributed by atoms with Crippen molar-refractivity contribution in [1.82, 2.24) is 5.32 Å². The van der Waals surface area contributed by atoms with Crippen molar-refractivity contribution in [2.75, 3.05) is 0 Å². The zero-order valence-corrected chi connectivity index (χ0v) is 15.8. The molecule has 0 aromatic heterocycles. The molecule has 0 unspecified atom stereocenters. The van der Waals surface area contributed by atoms with Crippen LogP contribution in [-0.2, 0) is 4.79 Å². The van der Waals surface area contributed by atoms with Crippen molar-refractivity contribution < 1.29 is 14.7 Å². The number of carboxylic acids is 1. The van der Waals surface area contributed by atoms with Gasteiger partial charge in [-0.15, -0.1) is 0 Å². The summed E-state index contributed by atoms with van der Waals surface area (Å²) >= 11 is 0. The third-order valence-electron chi connectivity index (χ3n) is 5.25. The van der Waals surface area contributed by atoms with E-state index in [-0.39, 0.29) is 5.91 Å². The van der Waals surface area contributed by atoms with Crippen LogP contribution in [0.25, 0.3) is 11.1 Å². The largest absolute Gasteiger partial charge is 0.480 e. The molecule has 0 heterocycles. The van der Waals surface area contributed by atoms with Crippen LogP contribution in [0.4, 0.5) is 0 Å². The zero-order chi connectivity index (χ0) is 19.8. The standard InChI is InChI=1S/C24H21NO3/c1-14-11-15(2)13-16(12-14)23(26)25-22(24(27)28)21-19-9-5-3-7-17(19)18-8-4-6-10-20(18)21/h3-13,21-22H,1-2H3,(H,25,26)(H,27,28)/t22-/m1/s1. The number of nitrogens with one attached hydrogen (secondary N) is 1. The highest BCUT2D eigenvalue weighted by Gasteiger charge is 2.38. The van der Waals surface area contributed by atoms with Gasteiger partial charge in [-0.3, -0.25) is 4.79 Å². The molecule has 4 heteroatoms. The van der Waals surface area contributed by atoms with Crippen molar-refractivity contribution in [3.8, 4) is 11.1 Å². The van der Waals surface area contributed by atoms with Crippen LogP contribution in [0.5, 0.6) is 0 Å². The van der Waals surface area contributed by atoms with E-state index in [1.165, 1.54) is 0 Å². The van der Waals surface area contributed by atoms with Crippen LogP contribution in [-0.4, -0.2) is 23.0 Å². The SMILES string of the molecule is Cc1cc(C)cc(C(=O)N[C@@H](C(=O)O)C2c3ccccc3-c3ccccc32)c1. The number of fused-ring (bicyclic) bond motifs is 3. The highest BCUT2D eigenvalue weighted by Crippen LogP contribution is 2.46. The van der Waals surface area contributed by atoms with Gasteiger partial charge >= 0.3 is 5.97 Å². The normalized spacial score (nSPS) is 13.5. The summed E-state index contributed by atoms with van der Waals surface area (Å²) in [5.41, 5.74) is 6.31. The van der Waals surface area contributed by atoms with Gasteiger partial charge in [-0.2, -0.15) is 0 Å². The Morgan fingerprint density at radius 1 is 0.857 bits per heavy atom. The molecule has 140 valence electrons. The van der Waals surface area contributed by atoms with Crippen molar-refractivity contribution in [2.45, 2.75) is 25.8 Å². The summed E-state index contributed by atoms with van der Waals surface area (Å²) < 4.78 is 0. The van der Waals surface area contributed by atoms with Gasteiger partial charge in [-0.05, 0) is 48.2 Å². The van der Waals surface area contributed by atoms with E-state index < -0.39 is 17.9 Å². The van der Waals surface area contributed by atoms with Gasteiger partial charge < -0.3 is 10.4 Å². The maximum Gasteiger partial charge on any atom is 0.327 e. The minimum Gasteiger partial charge on any atom is -0.480 e. The minimum atomic E-state index is -1.06. The van der Waals surface area contributed by atoms with Crippen LogP contribution in [0.3, 0.4) is 0 Å². The van der Waals surface area contributed by atoms with E-state index in [4.69, 9.17) is 0 Å². The number of hydrogen-bond donors (Lipinski definition) is 2. The van der Waals surface area contributed by atoms with Gasteiger partial charge in [0.05, 0.1) is 0 Å². The summed E-state index contributed by atoms with van der Waals surface area (Å²) in [6.07, 6.45) is 0. The Hall–Kier alpha value is -3.40. The van der Waals surface area contributed by atoms with Crippen LogP contribution < -0.4 is 5.32 Å². The second-order valence-corrected chi connectivity index (χ2v) is 7.32. The Morgan fingerprint density at radius 3 is 1.86 bits per heavy atom. The molecule has 3 aromatic rings. The van der Waals surface area contributed by atoms with E-state index in [0.29, 0.717) is 5.56 Å². The molecular weight excluding hydrogens is 350 g/mol. The second kappa shape index (κ2) is 6.97. The summed E-state index contributed by atoms with van der Waals surface area (Å²) in [7, 11) is 0. The fraction of sp³-hybridized carbons (Fsp3) is 0.167. The van der Waals surface area contributed by atoms with Crippen molar-refractivity contribution in [3.05, 3.63) is 94.5 Å². The maximum atomic E-state index is 12.9. The first-order valence-electron chi connectivity index (χ1n) is 9.26. The van der Waals surface area contributed by atoms with Crippen LogP contribution in [0, 0.1) is 13.8 Å². The number of aryl methyl sites for hydroxylation is 2. The summed E-state index contributed by atoms with van der Waals surface area (Å²) in [6.45, 7) is 3.84. The molecule has 0 bridgehead atoms. The highest BCUT2D eigenvalue weighted by atomic mass is 16.4. The average molecular weight is 371 g/mol. The van der Waals surface area contributed by atoms with Crippen molar-refractivity contribution in [3.63, 3.8) is 0 Å². The molecule has 3 aromatic carbocycles. The van der Waals surface area contributed by atoms with Gasteiger partial charge in [-0.25, -0.2) is 4.79 Å². The number of rotatable bonds is 4. The lowest BCUT2D eigenvalue weighted by Gasteiger charge is -2.23. The molecule has 0 fully saturated rings. The van der Waals surface area contributed by atoms with Crippen LogP contribution >= 0.6 is 0 Å². The fourth-order valence-electron chi connectivity index (χ4n) is 4.17. The van der Waals surface area contributed by atoms with E-state index in [2.05, 4.69) is 5.32 Å². The van der Waals surface area contributed by atoms with Gasteiger partial charge in [0.1, 0.15) is 6.04 Å². The van der Waals surface area contributed by atoms with Crippen LogP contribution in [0.2, 0.25) is 0 Å². The van der Waals surface area contributed by atoms with Crippen molar-refractivity contribution in [1.29, 1.82) is 0 Å². The Labute approximate surface area is 163 Å². The van der Waals surface area contributed by atoms with E-state index in [0.717, 1.165) is 33.4 Å². The number of carbonyl (C=O) groups excluding carboxylic acids is 1. The third-order valence-corrected chi connectivity index (χ3v) is 5.25. The molecule has 0 aliphatic heterocycles. The number of aliphatic carboxylic acids is 1. The summed E-state index contributed by atoms with van der Waals surface area (Å²) in [5, 5.41) is 12.7. The smallest absolute Gasteiger partial charge is 0.327 e. The number of benzene rings is 3. The summed E-state index contributed by atoms with van der Waals surface area (Å²) in [5.74, 6) is -1.85. The quantitative estimate of drug-likeness (QED) is 0.719. The lowest BCUT2D eigenvalue weighted by atomic mass is 9.89. The zero-order valence-electron chi connectivity index (χ0n) is 15.8. The highest BCUT2D eigenvalue weighted by molar-refractivity contribution is 5.98. The van der Waals surface area contributed by atoms with E-state index >= 15 is 0 Å². The molecule has 0 radical (unpaired) electrons.